The topological polar surface area (TPSA) is 66.9 Å². The van der Waals surface area contributed by atoms with Gasteiger partial charge in [-0.3, -0.25) is 4.79 Å². The Morgan fingerprint density at radius 1 is 0.882 bits per heavy atom. The average molecular weight is 483 g/mol. The van der Waals surface area contributed by atoms with Gasteiger partial charge in [-0.2, -0.15) is 4.31 Å². The van der Waals surface area contributed by atoms with E-state index in [0.717, 1.165) is 50.0 Å². The molecule has 2 heterocycles. The lowest BCUT2D eigenvalue weighted by atomic mass is 9.92. The van der Waals surface area contributed by atoms with Gasteiger partial charge in [0.05, 0.1) is 18.0 Å². The van der Waals surface area contributed by atoms with Crippen LogP contribution in [0.1, 0.15) is 61.3 Å². The number of aryl methyl sites for hydroxylation is 2. The number of carbonyl (C=O) groups is 1. The first-order chi connectivity index (χ1) is 16.5. The van der Waals surface area contributed by atoms with E-state index < -0.39 is 10.0 Å². The summed E-state index contributed by atoms with van der Waals surface area (Å²) in [5, 5.41) is 0. The monoisotopic (exact) mass is 482 g/mol. The van der Waals surface area contributed by atoms with Crippen LogP contribution in [0.2, 0.25) is 0 Å². The maximum absolute atomic E-state index is 13.4. The molecule has 2 fully saturated rings. The maximum atomic E-state index is 13.4. The normalized spacial score (nSPS) is 21.9. The van der Waals surface area contributed by atoms with E-state index in [1.807, 2.05) is 41.3 Å². The van der Waals surface area contributed by atoms with Crippen molar-refractivity contribution in [3.63, 3.8) is 0 Å². The van der Waals surface area contributed by atoms with Crippen LogP contribution in [0, 0.1) is 5.92 Å². The first-order valence-corrected chi connectivity index (χ1v) is 14.0. The number of methoxy groups -OCH3 is 1. The lowest BCUT2D eigenvalue weighted by molar-refractivity contribution is -0.137. The third-order valence-corrected chi connectivity index (χ3v) is 9.69. The molecule has 6 nitrogen and oxygen atoms in total. The van der Waals surface area contributed by atoms with Gasteiger partial charge in [0.15, 0.2) is 0 Å². The van der Waals surface area contributed by atoms with Crippen LogP contribution >= 0.6 is 0 Å². The fraction of sp³-hybridized carbons (Fsp3) is 0.519. The summed E-state index contributed by atoms with van der Waals surface area (Å²) in [7, 11) is -1.88. The summed E-state index contributed by atoms with van der Waals surface area (Å²) in [5.74, 6) is 0.866. The van der Waals surface area contributed by atoms with Crippen molar-refractivity contribution in [2.24, 2.45) is 5.92 Å². The Labute approximate surface area is 203 Å². The smallest absolute Gasteiger partial charge is 0.243 e. The van der Waals surface area contributed by atoms with E-state index in [-0.39, 0.29) is 17.9 Å². The number of carbonyl (C=O) groups excluding carboxylic acids is 1. The molecule has 1 atom stereocenters. The number of hydrogen-bond acceptors (Lipinski definition) is 4. The van der Waals surface area contributed by atoms with E-state index in [9.17, 15) is 13.2 Å². The largest absolute Gasteiger partial charge is 0.497 e. The van der Waals surface area contributed by atoms with Crippen LogP contribution in [-0.4, -0.2) is 50.3 Å². The summed E-state index contributed by atoms with van der Waals surface area (Å²) in [4.78, 5) is 15.8. The molecule has 2 aromatic rings. The Balaban J connectivity index is 1.24. The molecule has 2 saturated heterocycles. The van der Waals surface area contributed by atoms with Gasteiger partial charge in [-0.1, -0.05) is 18.2 Å². The number of nitrogens with zero attached hydrogens (tertiary/aromatic N) is 2. The zero-order chi connectivity index (χ0) is 23.7. The molecule has 0 spiro atoms. The molecule has 3 aliphatic rings. The number of hydrogen-bond donors (Lipinski definition) is 0. The minimum absolute atomic E-state index is 0.0932. The summed E-state index contributed by atoms with van der Waals surface area (Å²) in [5.41, 5.74) is 3.60. The zero-order valence-electron chi connectivity index (χ0n) is 19.9. The molecule has 182 valence electrons. The minimum atomic E-state index is -3.53. The van der Waals surface area contributed by atoms with Crippen molar-refractivity contribution in [3.05, 3.63) is 59.2 Å². The predicted molar refractivity (Wildman–Crippen MR) is 131 cm³/mol. The van der Waals surface area contributed by atoms with E-state index >= 15 is 0 Å². The van der Waals surface area contributed by atoms with E-state index in [1.54, 1.807) is 17.5 Å². The number of piperidine rings is 1. The van der Waals surface area contributed by atoms with E-state index in [1.165, 1.54) is 17.5 Å². The molecule has 0 radical (unpaired) electrons. The predicted octanol–water partition coefficient (Wildman–Crippen LogP) is 4.34. The summed E-state index contributed by atoms with van der Waals surface area (Å²) >= 11 is 0. The molecular formula is C27H34N2O4S. The molecule has 34 heavy (non-hydrogen) atoms. The maximum Gasteiger partial charge on any atom is 0.243 e. The number of likely N-dealkylation sites (tertiary alicyclic amines) is 1. The fourth-order valence-electron chi connectivity index (χ4n) is 5.80. The summed E-state index contributed by atoms with van der Waals surface area (Å²) in [6, 6.07) is 13.7. The highest BCUT2D eigenvalue weighted by molar-refractivity contribution is 7.89. The van der Waals surface area contributed by atoms with Crippen molar-refractivity contribution >= 4 is 15.9 Å². The van der Waals surface area contributed by atoms with Crippen molar-refractivity contribution < 1.29 is 17.9 Å². The van der Waals surface area contributed by atoms with Gasteiger partial charge in [0.1, 0.15) is 5.75 Å². The molecular weight excluding hydrogens is 448 g/mol. The minimum Gasteiger partial charge on any atom is -0.497 e. The van der Waals surface area contributed by atoms with Gasteiger partial charge in [-0.05, 0) is 92.3 Å². The van der Waals surface area contributed by atoms with Crippen LogP contribution in [0.4, 0.5) is 0 Å². The second-order valence-corrected chi connectivity index (χ2v) is 11.7. The summed E-state index contributed by atoms with van der Waals surface area (Å²) in [6.07, 6.45) is 7.41. The Morgan fingerprint density at radius 3 is 2.29 bits per heavy atom. The van der Waals surface area contributed by atoms with Crippen molar-refractivity contribution in [1.82, 2.24) is 9.21 Å². The number of fused-ring (bicyclic) bond motifs is 1. The average Bonchev–Trinajstić information content (AvgIpc) is 3.38. The molecule has 7 heteroatoms. The van der Waals surface area contributed by atoms with Crippen molar-refractivity contribution in [2.75, 3.05) is 26.7 Å². The Bertz CT molecular complexity index is 1140. The Hall–Kier alpha value is -2.38. The molecule has 0 bridgehead atoms. The van der Waals surface area contributed by atoms with Gasteiger partial charge in [-0.25, -0.2) is 8.42 Å². The standard InChI is InChI=1S/C27H34N2O4S/c1-33-24-11-8-21(9-12-24)26-7-4-16-29(26)27(30)22-14-17-28(18-15-22)34(31,32)25-13-10-20-5-2-3-6-23(20)19-25/h8-13,19,22,26H,2-7,14-18H2,1H3/t26-/m0/s1. The highest BCUT2D eigenvalue weighted by Crippen LogP contribution is 2.36. The van der Waals surface area contributed by atoms with Crippen molar-refractivity contribution in [1.29, 1.82) is 0 Å². The van der Waals surface area contributed by atoms with Gasteiger partial charge in [0, 0.05) is 25.6 Å². The quantitative estimate of drug-likeness (QED) is 0.636. The van der Waals surface area contributed by atoms with Crippen LogP contribution in [-0.2, 0) is 27.7 Å². The van der Waals surface area contributed by atoms with Crippen LogP contribution in [0.3, 0.4) is 0 Å². The molecule has 2 aliphatic heterocycles. The van der Waals surface area contributed by atoms with Gasteiger partial charge in [-0.15, -0.1) is 0 Å². The number of sulfonamides is 1. The molecule has 1 amide bonds. The van der Waals surface area contributed by atoms with Gasteiger partial charge < -0.3 is 9.64 Å². The van der Waals surface area contributed by atoms with Crippen LogP contribution in [0.5, 0.6) is 5.75 Å². The summed E-state index contributed by atoms with van der Waals surface area (Å²) in [6.45, 7) is 1.57. The number of amides is 1. The molecule has 0 aromatic heterocycles. The zero-order valence-corrected chi connectivity index (χ0v) is 20.7. The molecule has 0 unspecified atom stereocenters. The van der Waals surface area contributed by atoms with Crippen LogP contribution in [0.15, 0.2) is 47.4 Å². The third-order valence-electron chi connectivity index (χ3n) is 7.80. The van der Waals surface area contributed by atoms with Crippen molar-refractivity contribution in [2.45, 2.75) is 62.3 Å². The van der Waals surface area contributed by atoms with Gasteiger partial charge in [0.25, 0.3) is 0 Å². The molecule has 1 aliphatic carbocycles. The first kappa shape index (κ1) is 23.4. The van der Waals surface area contributed by atoms with Gasteiger partial charge >= 0.3 is 0 Å². The van der Waals surface area contributed by atoms with Gasteiger partial charge in [0.2, 0.25) is 15.9 Å². The molecule has 2 aromatic carbocycles. The lowest BCUT2D eigenvalue weighted by Gasteiger charge is -2.34. The first-order valence-electron chi connectivity index (χ1n) is 12.5. The SMILES string of the molecule is COc1ccc([C@@H]2CCCN2C(=O)C2CCN(S(=O)(=O)c3ccc4c(c3)CCCC4)CC2)cc1. The second kappa shape index (κ2) is 9.70. The van der Waals surface area contributed by atoms with E-state index in [2.05, 4.69) is 0 Å². The lowest BCUT2D eigenvalue weighted by Crippen LogP contribution is -2.44. The van der Waals surface area contributed by atoms with Crippen LogP contribution < -0.4 is 4.74 Å². The molecule has 5 rings (SSSR count). The van der Waals surface area contributed by atoms with Crippen LogP contribution in [0.25, 0.3) is 0 Å². The molecule has 0 saturated carbocycles. The summed E-state index contributed by atoms with van der Waals surface area (Å²) < 4.78 is 33.5. The Morgan fingerprint density at radius 2 is 1.59 bits per heavy atom. The fourth-order valence-corrected chi connectivity index (χ4v) is 7.32. The van der Waals surface area contributed by atoms with E-state index in [4.69, 9.17) is 4.74 Å². The highest BCUT2D eigenvalue weighted by atomic mass is 32.2. The molecule has 0 N–H and O–H groups in total. The van der Waals surface area contributed by atoms with Crippen molar-refractivity contribution in [3.8, 4) is 5.75 Å². The number of rotatable bonds is 5. The van der Waals surface area contributed by atoms with E-state index in [0.29, 0.717) is 30.8 Å². The second-order valence-electron chi connectivity index (χ2n) is 9.78. The number of benzene rings is 2. The number of ether oxygens (including phenoxy) is 1. The Kier molecular flexibility index (Phi) is 6.67. The highest BCUT2D eigenvalue weighted by Gasteiger charge is 2.37. The third kappa shape index (κ3) is 4.48.